The number of nitrogens with zero attached hydrogens (tertiary/aromatic N) is 2. The lowest BCUT2D eigenvalue weighted by atomic mass is 10.1. The average molecular weight is 326 g/mol. The van der Waals surface area contributed by atoms with Gasteiger partial charge in [-0.15, -0.1) is 13.2 Å². The molecule has 0 unspecified atom stereocenters. The molecule has 6 heteroatoms. The Morgan fingerprint density at radius 1 is 1.13 bits per heavy atom. The number of alkyl halides is 3. The number of rotatable bonds is 8. The molecule has 0 heterocycles. The number of amides is 1. The van der Waals surface area contributed by atoms with Crippen molar-refractivity contribution in [3.8, 4) is 0 Å². The molecule has 1 aromatic rings. The highest BCUT2D eigenvalue weighted by Crippen LogP contribution is 2.29. The van der Waals surface area contributed by atoms with Gasteiger partial charge in [-0.2, -0.15) is 13.2 Å². The lowest BCUT2D eigenvalue weighted by Gasteiger charge is -2.23. The van der Waals surface area contributed by atoms with E-state index in [0.29, 0.717) is 25.2 Å². The molecular weight excluding hydrogens is 305 g/mol. The van der Waals surface area contributed by atoms with E-state index in [1.807, 2.05) is 0 Å². The van der Waals surface area contributed by atoms with Gasteiger partial charge in [-0.25, -0.2) is 0 Å². The summed E-state index contributed by atoms with van der Waals surface area (Å²) < 4.78 is 37.5. The highest BCUT2D eigenvalue weighted by molar-refractivity contribution is 5.78. The summed E-state index contributed by atoms with van der Waals surface area (Å²) in [6, 6.07) is 4.95. The third-order valence-corrected chi connectivity index (χ3v) is 3.19. The van der Waals surface area contributed by atoms with Gasteiger partial charge in [0.05, 0.1) is 12.1 Å². The van der Waals surface area contributed by atoms with Crippen LogP contribution in [0.15, 0.2) is 49.6 Å². The molecule has 1 aromatic carbocycles. The molecule has 0 radical (unpaired) electrons. The number of hydrogen-bond donors (Lipinski definition) is 0. The van der Waals surface area contributed by atoms with Gasteiger partial charge in [0.1, 0.15) is 0 Å². The van der Waals surface area contributed by atoms with Gasteiger partial charge in [-0.3, -0.25) is 9.69 Å². The minimum absolute atomic E-state index is 0.0841. The number of likely N-dealkylation sites (N-methyl/N-ethyl adjacent to an activating group) is 1. The SMILES string of the molecule is C=CCN(CC=C)C(=O)CN(C)Cc1ccc(C(F)(F)F)cc1. The van der Waals surface area contributed by atoms with Crippen LogP contribution in [0.1, 0.15) is 11.1 Å². The fraction of sp³-hybridized carbons (Fsp3) is 0.353. The normalized spacial score (nSPS) is 11.3. The van der Waals surface area contributed by atoms with Crippen LogP contribution in [-0.2, 0) is 17.5 Å². The zero-order chi connectivity index (χ0) is 17.5. The Bertz CT molecular complexity index is 528. The number of carbonyl (C=O) groups excluding carboxylic acids is 1. The van der Waals surface area contributed by atoms with Crippen molar-refractivity contribution in [1.29, 1.82) is 0 Å². The first-order valence-corrected chi connectivity index (χ1v) is 7.12. The monoisotopic (exact) mass is 326 g/mol. The summed E-state index contributed by atoms with van der Waals surface area (Å²) in [4.78, 5) is 15.5. The lowest BCUT2D eigenvalue weighted by Crippen LogP contribution is -2.39. The molecule has 0 aliphatic heterocycles. The van der Waals surface area contributed by atoms with E-state index in [2.05, 4.69) is 13.2 Å². The number of halogens is 3. The van der Waals surface area contributed by atoms with Gasteiger partial charge in [0, 0.05) is 19.6 Å². The molecule has 0 saturated carbocycles. The quantitative estimate of drug-likeness (QED) is 0.684. The number of benzene rings is 1. The maximum absolute atomic E-state index is 12.5. The average Bonchev–Trinajstić information content (AvgIpc) is 2.46. The Morgan fingerprint density at radius 2 is 1.65 bits per heavy atom. The Morgan fingerprint density at radius 3 is 2.09 bits per heavy atom. The Labute approximate surface area is 134 Å². The maximum Gasteiger partial charge on any atom is 0.416 e. The predicted octanol–water partition coefficient (Wildman–Crippen LogP) is 3.34. The second kappa shape index (κ2) is 8.53. The zero-order valence-electron chi connectivity index (χ0n) is 13.1. The molecule has 0 bridgehead atoms. The Hall–Kier alpha value is -2.08. The minimum Gasteiger partial charge on any atom is -0.334 e. The zero-order valence-corrected chi connectivity index (χ0v) is 13.1. The summed E-state index contributed by atoms with van der Waals surface area (Å²) in [5, 5.41) is 0. The van der Waals surface area contributed by atoms with E-state index in [0.717, 1.165) is 12.1 Å². The fourth-order valence-electron chi connectivity index (χ4n) is 2.09. The van der Waals surface area contributed by atoms with E-state index in [1.54, 1.807) is 29.0 Å². The van der Waals surface area contributed by atoms with Crippen molar-refractivity contribution in [2.75, 3.05) is 26.7 Å². The van der Waals surface area contributed by atoms with Gasteiger partial charge in [-0.1, -0.05) is 24.3 Å². The first kappa shape index (κ1) is 19.0. The molecule has 0 saturated heterocycles. The molecule has 0 aromatic heterocycles. The second-order valence-electron chi connectivity index (χ2n) is 5.24. The second-order valence-corrected chi connectivity index (χ2v) is 5.24. The summed E-state index contributed by atoms with van der Waals surface area (Å²) in [6.07, 6.45) is -1.06. The molecule has 1 amide bonds. The van der Waals surface area contributed by atoms with Crippen LogP contribution in [0.2, 0.25) is 0 Å². The van der Waals surface area contributed by atoms with Gasteiger partial charge in [0.15, 0.2) is 0 Å². The van der Waals surface area contributed by atoms with Gasteiger partial charge in [0.2, 0.25) is 5.91 Å². The van der Waals surface area contributed by atoms with Crippen molar-refractivity contribution in [2.45, 2.75) is 12.7 Å². The molecule has 0 aliphatic carbocycles. The lowest BCUT2D eigenvalue weighted by molar-refractivity contribution is -0.137. The van der Waals surface area contributed by atoms with Crippen molar-refractivity contribution in [2.24, 2.45) is 0 Å². The largest absolute Gasteiger partial charge is 0.416 e. The van der Waals surface area contributed by atoms with E-state index < -0.39 is 11.7 Å². The van der Waals surface area contributed by atoms with Crippen molar-refractivity contribution < 1.29 is 18.0 Å². The van der Waals surface area contributed by atoms with E-state index in [-0.39, 0.29) is 12.5 Å². The molecule has 3 nitrogen and oxygen atoms in total. The van der Waals surface area contributed by atoms with Crippen molar-refractivity contribution in [1.82, 2.24) is 9.80 Å². The molecule has 0 spiro atoms. The van der Waals surface area contributed by atoms with Crippen molar-refractivity contribution >= 4 is 5.91 Å². The van der Waals surface area contributed by atoms with Gasteiger partial charge >= 0.3 is 6.18 Å². The first-order chi connectivity index (χ1) is 10.8. The smallest absolute Gasteiger partial charge is 0.334 e. The molecule has 0 atom stereocenters. The van der Waals surface area contributed by atoms with Crippen LogP contribution in [0.25, 0.3) is 0 Å². The van der Waals surface area contributed by atoms with Crippen LogP contribution < -0.4 is 0 Å². The minimum atomic E-state index is -4.34. The molecule has 0 fully saturated rings. The maximum atomic E-state index is 12.5. The number of carbonyl (C=O) groups is 1. The van der Waals surface area contributed by atoms with Gasteiger partial charge in [0.25, 0.3) is 0 Å². The molecule has 126 valence electrons. The summed E-state index contributed by atoms with van der Waals surface area (Å²) in [7, 11) is 1.75. The van der Waals surface area contributed by atoms with Crippen LogP contribution in [0.5, 0.6) is 0 Å². The fourth-order valence-corrected chi connectivity index (χ4v) is 2.09. The Kier molecular flexibility index (Phi) is 7.03. The molecule has 1 rings (SSSR count). The van der Waals surface area contributed by atoms with E-state index in [1.165, 1.54) is 12.1 Å². The van der Waals surface area contributed by atoms with Crippen LogP contribution in [0.3, 0.4) is 0 Å². The highest BCUT2D eigenvalue weighted by atomic mass is 19.4. The highest BCUT2D eigenvalue weighted by Gasteiger charge is 2.29. The topological polar surface area (TPSA) is 23.6 Å². The summed E-state index contributed by atoms with van der Waals surface area (Å²) >= 11 is 0. The van der Waals surface area contributed by atoms with Crippen LogP contribution in [0.4, 0.5) is 13.2 Å². The van der Waals surface area contributed by atoms with E-state index in [4.69, 9.17) is 0 Å². The molecule has 0 aliphatic rings. The van der Waals surface area contributed by atoms with Crippen molar-refractivity contribution in [3.63, 3.8) is 0 Å². The summed E-state index contributed by atoms with van der Waals surface area (Å²) in [5.41, 5.74) is 0.0374. The summed E-state index contributed by atoms with van der Waals surface area (Å²) in [5.74, 6) is -0.0841. The number of hydrogen-bond acceptors (Lipinski definition) is 2. The van der Waals surface area contributed by atoms with Crippen LogP contribution in [-0.4, -0.2) is 42.4 Å². The van der Waals surface area contributed by atoms with Crippen LogP contribution in [0, 0.1) is 0 Å². The van der Waals surface area contributed by atoms with E-state index in [9.17, 15) is 18.0 Å². The molecular formula is C17H21F3N2O. The standard InChI is InChI=1S/C17H21F3N2O/c1-4-10-22(11-5-2)16(23)13-21(3)12-14-6-8-15(9-7-14)17(18,19)20/h4-9H,1-2,10-13H2,3H3. The molecule has 0 N–H and O–H groups in total. The van der Waals surface area contributed by atoms with E-state index >= 15 is 0 Å². The third-order valence-electron chi connectivity index (χ3n) is 3.19. The van der Waals surface area contributed by atoms with Crippen molar-refractivity contribution in [3.05, 3.63) is 60.7 Å². The Balaban J connectivity index is 2.61. The van der Waals surface area contributed by atoms with Crippen LogP contribution >= 0.6 is 0 Å². The first-order valence-electron chi connectivity index (χ1n) is 7.12. The third kappa shape index (κ3) is 6.28. The predicted molar refractivity (Wildman–Crippen MR) is 84.8 cm³/mol. The van der Waals surface area contributed by atoms with Gasteiger partial charge < -0.3 is 4.90 Å². The van der Waals surface area contributed by atoms with Gasteiger partial charge in [-0.05, 0) is 24.7 Å². The molecule has 23 heavy (non-hydrogen) atoms. The summed E-state index contributed by atoms with van der Waals surface area (Å²) in [6.45, 7) is 8.63.